The number of aliphatic imine (C=N–C) groups is 1. The predicted octanol–water partition coefficient (Wildman–Crippen LogP) is 3.74. The van der Waals surface area contributed by atoms with Gasteiger partial charge >= 0.3 is 0 Å². The van der Waals surface area contributed by atoms with Gasteiger partial charge < -0.3 is 9.84 Å². The van der Waals surface area contributed by atoms with E-state index in [0.717, 1.165) is 0 Å². The number of ether oxygens (including phenoxy) is 1. The molecule has 0 fully saturated rings. The summed E-state index contributed by atoms with van der Waals surface area (Å²) >= 11 is 0. The minimum atomic E-state index is -0.00626. The molecule has 0 aliphatic heterocycles. The number of nitrogens with zero attached hydrogens (tertiary/aromatic N) is 1. The second-order valence-corrected chi connectivity index (χ2v) is 4.49. The van der Waals surface area contributed by atoms with Crippen molar-refractivity contribution in [1.29, 1.82) is 0 Å². The number of hydrogen-bond donors (Lipinski definition) is 1. The summed E-state index contributed by atoms with van der Waals surface area (Å²) in [6.45, 7) is 3.85. The first kappa shape index (κ1) is 14.8. The maximum absolute atomic E-state index is 11.3. The molecule has 0 aliphatic rings. The number of hydrogen-bond acceptors (Lipinski definition) is 4. The van der Waals surface area contributed by atoms with Gasteiger partial charge in [-0.1, -0.05) is 18.2 Å². The van der Waals surface area contributed by atoms with Gasteiger partial charge in [0.2, 0.25) is 0 Å². The monoisotopic (exact) mass is 283 g/mol. The van der Waals surface area contributed by atoms with E-state index in [2.05, 4.69) is 4.99 Å². The molecular formula is C17H17NO3. The van der Waals surface area contributed by atoms with Crippen molar-refractivity contribution < 1.29 is 14.6 Å². The lowest BCUT2D eigenvalue weighted by atomic mass is 10.1. The van der Waals surface area contributed by atoms with Crippen molar-refractivity contribution in [2.45, 2.75) is 13.8 Å². The lowest BCUT2D eigenvalue weighted by Gasteiger charge is -2.07. The van der Waals surface area contributed by atoms with Gasteiger partial charge in [-0.2, -0.15) is 0 Å². The van der Waals surface area contributed by atoms with Crippen molar-refractivity contribution in [1.82, 2.24) is 0 Å². The predicted molar refractivity (Wildman–Crippen MR) is 83.0 cm³/mol. The van der Waals surface area contributed by atoms with Crippen LogP contribution in [-0.2, 0) is 0 Å². The van der Waals surface area contributed by atoms with Crippen LogP contribution in [0.5, 0.6) is 11.5 Å². The van der Waals surface area contributed by atoms with Crippen LogP contribution >= 0.6 is 0 Å². The summed E-state index contributed by atoms with van der Waals surface area (Å²) in [5.41, 5.74) is 1.83. The Morgan fingerprint density at radius 3 is 2.76 bits per heavy atom. The Morgan fingerprint density at radius 1 is 1.29 bits per heavy atom. The molecule has 0 spiro atoms. The highest BCUT2D eigenvalue weighted by Crippen LogP contribution is 2.29. The van der Waals surface area contributed by atoms with Gasteiger partial charge in [0, 0.05) is 17.3 Å². The molecule has 0 bridgehead atoms. The number of phenols is 1. The van der Waals surface area contributed by atoms with E-state index >= 15 is 0 Å². The molecule has 0 saturated heterocycles. The summed E-state index contributed by atoms with van der Waals surface area (Å²) in [4.78, 5) is 15.6. The largest absolute Gasteiger partial charge is 0.504 e. The van der Waals surface area contributed by atoms with Crippen LogP contribution < -0.4 is 4.74 Å². The Morgan fingerprint density at radius 2 is 2.05 bits per heavy atom. The average molecular weight is 283 g/mol. The molecule has 0 aliphatic carbocycles. The number of benzene rings is 2. The van der Waals surface area contributed by atoms with E-state index in [0.29, 0.717) is 29.2 Å². The number of para-hydroxylation sites is 1. The van der Waals surface area contributed by atoms with E-state index < -0.39 is 0 Å². The summed E-state index contributed by atoms with van der Waals surface area (Å²) < 4.78 is 5.32. The van der Waals surface area contributed by atoms with Crippen LogP contribution in [0.1, 0.15) is 29.8 Å². The molecule has 0 radical (unpaired) electrons. The first-order valence-electron chi connectivity index (χ1n) is 6.71. The van der Waals surface area contributed by atoms with Gasteiger partial charge in [-0.05, 0) is 38.1 Å². The van der Waals surface area contributed by atoms with Crippen LogP contribution in [0.25, 0.3) is 0 Å². The van der Waals surface area contributed by atoms with Crippen LogP contribution in [0.3, 0.4) is 0 Å². The number of carbonyl (C=O) groups excluding carboxylic acids is 1. The fourth-order valence-corrected chi connectivity index (χ4v) is 1.86. The van der Waals surface area contributed by atoms with Crippen molar-refractivity contribution in [3.05, 3.63) is 53.6 Å². The molecule has 0 heterocycles. The Hall–Kier alpha value is -2.62. The van der Waals surface area contributed by atoms with Gasteiger partial charge in [-0.25, -0.2) is 0 Å². The fraction of sp³-hybridized carbons (Fsp3) is 0.176. The van der Waals surface area contributed by atoms with Crippen LogP contribution in [0.4, 0.5) is 5.69 Å². The van der Waals surface area contributed by atoms with Crippen molar-refractivity contribution in [3.8, 4) is 11.5 Å². The average Bonchev–Trinajstić information content (AvgIpc) is 2.48. The van der Waals surface area contributed by atoms with E-state index in [1.165, 1.54) is 6.92 Å². The van der Waals surface area contributed by atoms with Crippen LogP contribution in [0.15, 0.2) is 47.5 Å². The number of aromatic hydroxyl groups is 1. The van der Waals surface area contributed by atoms with E-state index in [4.69, 9.17) is 4.74 Å². The second-order valence-electron chi connectivity index (χ2n) is 4.49. The zero-order chi connectivity index (χ0) is 15.2. The third-order valence-electron chi connectivity index (χ3n) is 2.94. The molecule has 2 rings (SSSR count). The zero-order valence-electron chi connectivity index (χ0n) is 12.0. The topological polar surface area (TPSA) is 58.9 Å². The lowest BCUT2D eigenvalue weighted by Crippen LogP contribution is -1.93. The van der Waals surface area contributed by atoms with Crippen LogP contribution in [0.2, 0.25) is 0 Å². The van der Waals surface area contributed by atoms with E-state index in [-0.39, 0.29) is 11.5 Å². The van der Waals surface area contributed by atoms with Crippen molar-refractivity contribution in [3.63, 3.8) is 0 Å². The normalized spacial score (nSPS) is 10.8. The maximum Gasteiger partial charge on any atom is 0.166 e. The number of phenolic OH excluding ortho intramolecular Hbond substituents is 1. The van der Waals surface area contributed by atoms with E-state index in [1.54, 1.807) is 48.7 Å². The molecular weight excluding hydrogens is 266 g/mol. The maximum atomic E-state index is 11.3. The number of carbonyl (C=O) groups is 1. The highest BCUT2D eigenvalue weighted by atomic mass is 16.5. The highest BCUT2D eigenvalue weighted by molar-refractivity contribution is 5.95. The van der Waals surface area contributed by atoms with Gasteiger partial charge in [0.25, 0.3) is 0 Å². The molecule has 21 heavy (non-hydrogen) atoms. The van der Waals surface area contributed by atoms with Crippen LogP contribution in [0, 0.1) is 0 Å². The van der Waals surface area contributed by atoms with Gasteiger partial charge in [0.05, 0.1) is 12.3 Å². The van der Waals surface area contributed by atoms with Gasteiger partial charge in [-0.3, -0.25) is 9.79 Å². The molecule has 0 unspecified atom stereocenters. The summed E-state index contributed by atoms with van der Waals surface area (Å²) in [6, 6.07) is 12.3. The SMILES string of the molecule is CCOc1cccc(C=Nc2cccc(C(C)=O)c2)c1O. The Balaban J connectivity index is 2.27. The van der Waals surface area contributed by atoms with Crippen LogP contribution in [-0.4, -0.2) is 23.7 Å². The van der Waals surface area contributed by atoms with Crippen molar-refractivity contribution >= 4 is 17.7 Å². The molecule has 108 valence electrons. The third kappa shape index (κ3) is 3.69. The standard InChI is InChI=1S/C17H17NO3/c1-3-21-16-9-5-7-14(17(16)20)11-18-15-8-4-6-13(10-15)12(2)19/h4-11,20H,3H2,1-2H3. The van der Waals surface area contributed by atoms with E-state index in [9.17, 15) is 9.90 Å². The van der Waals surface area contributed by atoms with E-state index in [1.807, 2.05) is 6.92 Å². The minimum absolute atomic E-state index is 0.00626. The lowest BCUT2D eigenvalue weighted by molar-refractivity contribution is 0.101. The molecule has 4 nitrogen and oxygen atoms in total. The quantitative estimate of drug-likeness (QED) is 0.671. The highest BCUT2D eigenvalue weighted by Gasteiger charge is 2.06. The number of rotatable bonds is 5. The zero-order valence-corrected chi connectivity index (χ0v) is 12.0. The molecule has 0 aromatic heterocycles. The first-order chi connectivity index (χ1) is 10.1. The van der Waals surface area contributed by atoms with Gasteiger partial charge in [0.15, 0.2) is 17.3 Å². The molecule has 0 amide bonds. The molecule has 0 saturated carbocycles. The summed E-state index contributed by atoms with van der Waals surface area (Å²) in [6.07, 6.45) is 1.55. The minimum Gasteiger partial charge on any atom is -0.504 e. The van der Waals surface area contributed by atoms with Gasteiger partial charge in [-0.15, -0.1) is 0 Å². The first-order valence-corrected chi connectivity index (χ1v) is 6.71. The summed E-state index contributed by atoms with van der Waals surface area (Å²) in [5, 5.41) is 10.1. The molecule has 0 atom stereocenters. The number of Topliss-reactive ketones (excluding diaryl/α,β-unsaturated/α-hetero) is 1. The molecule has 2 aromatic rings. The Bertz CT molecular complexity index is 677. The molecule has 1 N–H and O–H groups in total. The summed E-state index contributed by atoms with van der Waals surface area (Å²) in [7, 11) is 0. The van der Waals surface area contributed by atoms with Crippen molar-refractivity contribution in [2.24, 2.45) is 4.99 Å². The van der Waals surface area contributed by atoms with Crippen molar-refractivity contribution in [2.75, 3.05) is 6.61 Å². The Kier molecular flexibility index (Phi) is 4.72. The van der Waals surface area contributed by atoms with Gasteiger partial charge in [0.1, 0.15) is 0 Å². The number of ketones is 1. The Labute approximate surface area is 123 Å². The second kappa shape index (κ2) is 6.70. The molecule has 2 aromatic carbocycles. The smallest absolute Gasteiger partial charge is 0.166 e. The third-order valence-corrected chi connectivity index (χ3v) is 2.94. The summed E-state index contributed by atoms with van der Waals surface area (Å²) in [5.74, 6) is 0.484. The molecule has 4 heteroatoms. The fourth-order valence-electron chi connectivity index (χ4n) is 1.86.